The Labute approximate surface area is 209 Å². The number of H-pyrrole nitrogens is 1. The van der Waals surface area contributed by atoms with Crippen molar-refractivity contribution in [2.75, 3.05) is 6.54 Å². The first kappa shape index (κ1) is 24.0. The van der Waals surface area contributed by atoms with E-state index in [2.05, 4.69) is 15.6 Å². The highest BCUT2D eigenvalue weighted by molar-refractivity contribution is 7.17. The molecule has 12 heteroatoms. The van der Waals surface area contributed by atoms with Gasteiger partial charge >= 0.3 is 0 Å². The molecule has 6 rings (SSSR count). The minimum atomic E-state index is -3.10. The summed E-state index contributed by atoms with van der Waals surface area (Å²) in [6.07, 6.45) is 1.41. The van der Waals surface area contributed by atoms with Crippen LogP contribution in [-0.4, -0.2) is 58.2 Å². The molecule has 3 saturated heterocycles. The SMILES string of the molecule is N#C[C@H](C[C@@H]1CCCNC1=O)NC(=O)[C@H]1[C@@H]2CC[C@@H](CC2(F)F)N1C(=O)c1cc2scc(Cl)c2[nH]1. The number of rotatable bonds is 5. The van der Waals surface area contributed by atoms with E-state index in [0.717, 1.165) is 11.1 Å². The summed E-state index contributed by atoms with van der Waals surface area (Å²) in [4.78, 5) is 43.2. The number of amides is 3. The summed E-state index contributed by atoms with van der Waals surface area (Å²) < 4.78 is 30.6. The van der Waals surface area contributed by atoms with E-state index in [-0.39, 0.29) is 24.4 Å². The van der Waals surface area contributed by atoms with Gasteiger partial charge in [0.25, 0.3) is 11.8 Å². The molecule has 1 aliphatic carbocycles. The van der Waals surface area contributed by atoms with Crippen LogP contribution in [0.1, 0.15) is 49.0 Å². The van der Waals surface area contributed by atoms with Crippen LogP contribution in [0.25, 0.3) is 10.2 Å². The minimum absolute atomic E-state index is 0.0879. The van der Waals surface area contributed by atoms with Crippen LogP contribution in [0.4, 0.5) is 8.78 Å². The molecule has 3 N–H and O–H groups in total. The van der Waals surface area contributed by atoms with Crippen molar-refractivity contribution in [3.05, 3.63) is 22.2 Å². The number of halogens is 3. The van der Waals surface area contributed by atoms with Gasteiger partial charge in [-0.1, -0.05) is 11.6 Å². The number of hydrogen-bond acceptors (Lipinski definition) is 5. The summed E-state index contributed by atoms with van der Waals surface area (Å²) >= 11 is 7.50. The first-order chi connectivity index (χ1) is 16.7. The predicted octanol–water partition coefficient (Wildman–Crippen LogP) is 3.44. The number of nitrogens with one attached hydrogen (secondary N) is 3. The Morgan fingerprint density at radius 3 is 2.86 bits per heavy atom. The third kappa shape index (κ3) is 4.27. The number of fused-ring (bicyclic) bond motifs is 4. The first-order valence-corrected chi connectivity index (χ1v) is 12.9. The topological polar surface area (TPSA) is 118 Å². The smallest absolute Gasteiger partial charge is 0.271 e. The summed E-state index contributed by atoms with van der Waals surface area (Å²) in [6, 6.07) is 0.338. The van der Waals surface area contributed by atoms with E-state index in [4.69, 9.17) is 11.6 Å². The average molecular weight is 524 g/mol. The van der Waals surface area contributed by atoms with Crippen molar-refractivity contribution >= 4 is 50.9 Å². The number of piperidine rings is 3. The minimum Gasteiger partial charge on any atom is -0.356 e. The summed E-state index contributed by atoms with van der Waals surface area (Å²) in [5, 5.41) is 17.1. The lowest BCUT2D eigenvalue weighted by molar-refractivity contribution is -0.179. The summed E-state index contributed by atoms with van der Waals surface area (Å²) in [5.74, 6) is -6.42. The zero-order valence-electron chi connectivity index (χ0n) is 18.7. The van der Waals surface area contributed by atoms with Crippen LogP contribution in [0.2, 0.25) is 5.02 Å². The van der Waals surface area contributed by atoms with Gasteiger partial charge in [0.15, 0.2) is 0 Å². The monoisotopic (exact) mass is 523 g/mol. The molecular weight excluding hydrogens is 500 g/mol. The van der Waals surface area contributed by atoms with Gasteiger partial charge < -0.3 is 20.5 Å². The van der Waals surface area contributed by atoms with E-state index >= 15 is 0 Å². The zero-order valence-corrected chi connectivity index (χ0v) is 20.2. The van der Waals surface area contributed by atoms with Crippen molar-refractivity contribution in [1.82, 2.24) is 20.5 Å². The molecule has 3 amide bonds. The fourth-order valence-corrected chi connectivity index (χ4v) is 6.83. The number of carbonyl (C=O) groups excluding carboxylic acids is 3. The Balaban J connectivity index is 1.40. The van der Waals surface area contributed by atoms with E-state index in [0.29, 0.717) is 29.9 Å². The molecule has 186 valence electrons. The number of alkyl halides is 2. The Morgan fingerprint density at radius 2 is 2.17 bits per heavy atom. The highest BCUT2D eigenvalue weighted by Gasteiger charge is 2.60. The van der Waals surface area contributed by atoms with Gasteiger partial charge in [0, 0.05) is 30.3 Å². The Morgan fingerprint density at radius 1 is 1.37 bits per heavy atom. The van der Waals surface area contributed by atoms with Crippen molar-refractivity contribution in [1.29, 1.82) is 5.26 Å². The fraction of sp³-hybridized carbons (Fsp3) is 0.565. The lowest BCUT2D eigenvalue weighted by Crippen LogP contribution is -2.68. The third-order valence-electron chi connectivity index (χ3n) is 7.37. The molecule has 8 nitrogen and oxygen atoms in total. The molecule has 2 aromatic rings. The van der Waals surface area contributed by atoms with Crippen LogP contribution in [0.3, 0.4) is 0 Å². The molecule has 4 aliphatic rings. The third-order valence-corrected chi connectivity index (χ3v) is 8.73. The van der Waals surface area contributed by atoms with Crippen LogP contribution in [0.15, 0.2) is 11.4 Å². The van der Waals surface area contributed by atoms with Gasteiger partial charge in [-0.3, -0.25) is 14.4 Å². The first-order valence-electron chi connectivity index (χ1n) is 11.6. The van der Waals surface area contributed by atoms with Gasteiger partial charge in [-0.25, -0.2) is 8.78 Å². The number of aromatic nitrogens is 1. The van der Waals surface area contributed by atoms with Gasteiger partial charge in [0.05, 0.1) is 27.2 Å². The Hall–Kier alpha value is -2.71. The molecule has 3 aliphatic heterocycles. The van der Waals surface area contributed by atoms with Crippen LogP contribution < -0.4 is 10.6 Å². The van der Waals surface area contributed by atoms with E-state index in [1.807, 2.05) is 6.07 Å². The fourth-order valence-electron chi connectivity index (χ4n) is 5.68. The van der Waals surface area contributed by atoms with E-state index in [9.17, 15) is 28.4 Å². The Kier molecular flexibility index (Phi) is 6.21. The highest BCUT2D eigenvalue weighted by atomic mass is 35.5. The van der Waals surface area contributed by atoms with Crippen molar-refractivity contribution in [3.63, 3.8) is 0 Å². The second-order valence-corrected chi connectivity index (χ2v) is 10.8. The van der Waals surface area contributed by atoms with E-state index in [1.165, 1.54) is 16.2 Å². The molecule has 2 bridgehead atoms. The summed E-state index contributed by atoms with van der Waals surface area (Å²) in [6.45, 7) is 0.567. The largest absolute Gasteiger partial charge is 0.356 e. The molecule has 2 aromatic heterocycles. The number of aromatic amines is 1. The molecule has 35 heavy (non-hydrogen) atoms. The summed E-state index contributed by atoms with van der Waals surface area (Å²) in [7, 11) is 0. The lowest BCUT2D eigenvalue weighted by Gasteiger charge is -2.53. The van der Waals surface area contributed by atoms with Gasteiger partial charge in [-0.15, -0.1) is 11.3 Å². The number of thiophene rings is 1. The molecule has 0 unspecified atom stereocenters. The average Bonchev–Trinajstić information content (AvgIpc) is 3.40. The Bertz CT molecular complexity index is 1220. The van der Waals surface area contributed by atoms with Crippen molar-refractivity contribution in [3.8, 4) is 6.07 Å². The normalized spacial score (nSPS) is 28.4. The predicted molar refractivity (Wildman–Crippen MR) is 125 cm³/mol. The van der Waals surface area contributed by atoms with Crippen molar-refractivity contribution in [2.45, 2.75) is 62.6 Å². The maximum Gasteiger partial charge on any atom is 0.271 e. The quantitative estimate of drug-likeness (QED) is 0.556. The molecule has 1 saturated carbocycles. The molecule has 0 radical (unpaired) electrons. The standard InChI is InChI=1S/C23H24ClF2N5O3S/c24-15-10-35-17-7-16(30-18(15)17)22(34)31-13-3-4-14(23(25,26)8-13)19(31)21(33)29-12(9-27)6-11-2-1-5-28-20(11)32/h7,10-14,19,30H,1-6,8H2,(H,28,32)(H,29,33)/t11-,12-,13-,14-,19+/m0/s1. The number of nitriles is 1. The van der Waals surface area contributed by atoms with Crippen LogP contribution in [0, 0.1) is 23.2 Å². The van der Waals surface area contributed by atoms with Crippen LogP contribution in [-0.2, 0) is 9.59 Å². The van der Waals surface area contributed by atoms with Crippen LogP contribution >= 0.6 is 22.9 Å². The van der Waals surface area contributed by atoms with Crippen LogP contribution in [0.5, 0.6) is 0 Å². The lowest BCUT2D eigenvalue weighted by atomic mass is 9.71. The van der Waals surface area contributed by atoms with E-state index < -0.39 is 54.1 Å². The van der Waals surface area contributed by atoms with Crippen molar-refractivity contribution in [2.24, 2.45) is 11.8 Å². The zero-order chi connectivity index (χ0) is 24.9. The molecular formula is C23H24ClF2N5O3S. The van der Waals surface area contributed by atoms with E-state index in [1.54, 1.807) is 11.4 Å². The van der Waals surface area contributed by atoms with Gasteiger partial charge in [-0.2, -0.15) is 5.26 Å². The molecule has 5 heterocycles. The summed E-state index contributed by atoms with van der Waals surface area (Å²) in [5.41, 5.74) is 0.766. The number of carbonyl (C=O) groups is 3. The van der Waals surface area contributed by atoms with Crippen molar-refractivity contribution < 1.29 is 23.2 Å². The number of nitrogens with zero attached hydrogens (tertiary/aromatic N) is 2. The number of hydrogen-bond donors (Lipinski definition) is 3. The molecule has 4 fully saturated rings. The highest BCUT2D eigenvalue weighted by Crippen LogP contribution is 2.49. The van der Waals surface area contributed by atoms with Gasteiger partial charge in [0.2, 0.25) is 11.8 Å². The molecule has 5 atom stereocenters. The maximum absolute atomic E-state index is 14.9. The second kappa shape index (κ2) is 9.06. The van der Waals surface area contributed by atoms with Gasteiger partial charge in [0.1, 0.15) is 17.8 Å². The molecule has 0 spiro atoms. The second-order valence-electron chi connectivity index (χ2n) is 9.52. The molecule has 0 aromatic carbocycles. The maximum atomic E-state index is 14.9. The van der Waals surface area contributed by atoms with Gasteiger partial charge in [-0.05, 0) is 38.2 Å².